The van der Waals surface area contributed by atoms with Gasteiger partial charge in [-0.15, -0.1) is 0 Å². The van der Waals surface area contributed by atoms with Gasteiger partial charge in [-0.05, 0) is 85.0 Å². The number of hydrogen-bond donors (Lipinski definition) is 2. The van der Waals surface area contributed by atoms with Gasteiger partial charge < -0.3 is 15.0 Å². The standard InChI is InChI=1S/C32H29N3O3/c1-20-22(3)35(19-23-8-10-25(11-9-23)27-6-4-5-7-28(27)32(37)38)30-13-12-26(18-29(20)30)31(36)34-21(2)24-14-16-33-17-15-24/h4-18,21H,19H2,1-3H3,(H,34,36)(H,37,38)/t21-/m1/s1. The van der Waals surface area contributed by atoms with Crippen molar-refractivity contribution in [1.82, 2.24) is 14.9 Å². The molecule has 0 aliphatic heterocycles. The number of rotatable bonds is 7. The summed E-state index contributed by atoms with van der Waals surface area (Å²) in [6.07, 6.45) is 3.45. The molecule has 5 rings (SSSR count). The summed E-state index contributed by atoms with van der Waals surface area (Å²) in [5, 5.41) is 13.7. The molecule has 0 spiro atoms. The van der Waals surface area contributed by atoms with Crippen molar-refractivity contribution in [2.45, 2.75) is 33.4 Å². The molecule has 0 aliphatic rings. The third kappa shape index (κ3) is 4.81. The molecule has 1 atom stereocenters. The van der Waals surface area contributed by atoms with E-state index in [-0.39, 0.29) is 17.5 Å². The van der Waals surface area contributed by atoms with E-state index in [2.05, 4.69) is 28.7 Å². The van der Waals surface area contributed by atoms with Crippen LogP contribution < -0.4 is 5.32 Å². The Bertz CT molecular complexity index is 1640. The summed E-state index contributed by atoms with van der Waals surface area (Å²) in [4.78, 5) is 28.7. The van der Waals surface area contributed by atoms with Crippen molar-refractivity contribution in [3.8, 4) is 11.1 Å². The highest BCUT2D eigenvalue weighted by molar-refractivity contribution is 5.99. The molecule has 1 amide bonds. The molecule has 0 radical (unpaired) electrons. The minimum absolute atomic E-state index is 0.113. The van der Waals surface area contributed by atoms with Crippen molar-refractivity contribution in [3.63, 3.8) is 0 Å². The Labute approximate surface area is 221 Å². The lowest BCUT2D eigenvalue weighted by Gasteiger charge is -2.14. The molecular weight excluding hydrogens is 474 g/mol. The van der Waals surface area contributed by atoms with Gasteiger partial charge >= 0.3 is 5.97 Å². The number of carboxylic acid groups (broad SMARTS) is 1. The van der Waals surface area contributed by atoms with Crippen LogP contribution >= 0.6 is 0 Å². The fourth-order valence-corrected chi connectivity index (χ4v) is 4.90. The second kappa shape index (κ2) is 10.3. The SMILES string of the molecule is Cc1c(C)n(Cc2ccc(-c3ccccc3C(=O)O)cc2)c2ccc(C(=O)N[C@H](C)c3ccncc3)cc12. The minimum Gasteiger partial charge on any atom is -0.478 e. The molecule has 0 saturated carbocycles. The van der Waals surface area contributed by atoms with Gasteiger partial charge in [-0.1, -0.05) is 42.5 Å². The van der Waals surface area contributed by atoms with Gasteiger partial charge in [0.2, 0.25) is 0 Å². The number of aromatic carboxylic acids is 1. The normalized spacial score (nSPS) is 11.9. The van der Waals surface area contributed by atoms with Crippen LogP contribution in [0.1, 0.15) is 56.1 Å². The molecule has 38 heavy (non-hydrogen) atoms. The highest BCUT2D eigenvalue weighted by Gasteiger charge is 2.17. The van der Waals surface area contributed by atoms with Gasteiger partial charge in [-0.3, -0.25) is 9.78 Å². The average Bonchev–Trinajstić information content (AvgIpc) is 3.18. The highest BCUT2D eigenvalue weighted by Crippen LogP contribution is 2.29. The Hall–Kier alpha value is -4.71. The van der Waals surface area contributed by atoms with Crippen molar-refractivity contribution < 1.29 is 14.7 Å². The average molecular weight is 504 g/mol. The molecular formula is C32H29N3O3. The summed E-state index contributed by atoms with van der Waals surface area (Å²) < 4.78 is 2.26. The van der Waals surface area contributed by atoms with Crippen LogP contribution in [0.2, 0.25) is 0 Å². The number of nitrogens with zero attached hydrogens (tertiary/aromatic N) is 2. The van der Waals surface area contributed by atoms with Crippen molar-refractivity contribution in [1.29, 1.82) is 0 Å². The number of nitrogens with one attached hydrogen (secondary N) is 1. The summed E-state index contributed by atoms with van der Waals surface area (Å²) >= 11 is 0. The maximum Gasteiger partial charge on any atom is 0.336 e. The van der Waals surface area contributed by atoms with Gasteiger partial charge in [0.1, 0.15) is 0 Å². The Morgan fingerprint density at radius 2 is 1.66 bits per heavy atom. The van der Waals surface area contributed by atoms with Crippen LogP contribution in [0.5, 0.6) is 0 Å². The van der Waals surface area contributed by atoms with Crippen molar-refractivity contribution >= 4 is 22.8 Å². The van der Waals surface area contributed by atoms with E-state index in [9.17, 15) is 14.7 Å². The topological polar surface area (TPSA) is 84.2 Å². The van der Waals surface area contributed by atoms with Crippen LogP contribution in [0.3, 0.4) is 0 Å². The van der Waals surface area contributed by atoms with E-state index in [0.717, 1.165) is 38.9 Å². The van der Waals surface area contributed by atoms with Crippen LogP contribution in [0.25, 0.3) is 22.0 Å². The van der Waals surface area contributed by atoms with E-state index in [0.29, 0.717) is 17.7 Å². The summed E-state index contributed by atoms with van der Waals surface area (Å²) in [5.74, 6) is -1.05. The smallest absolute Gasteiger partial charge is 0.336 e. The quantitative estimate of drug-likeness (QED) is 0.264. The molecule has 190 valence electrons. The maximum atomic E-state index is 13.0. The number of fused-ring (bicyclic) bond motifs is 1. The van der Waals surface area contributed by atoms with Gasteiger partial charge in [0, 0.05) is 41.1 Å². The third-order valence-electron chi connectivity index (χ3n) is 7.22. The summed E-state index contributed by atoms with van der Waals surface area (Å²) in [6, 6.07) is 24.6. The number of aryl methyl sites for hydroxylation is 1. The van der Waals surface area contributed by atoms with Crippen LogP contribution in [-0.2, 0) is 6.54 Å². The van der Waals surface area contributed by atoms with Crippen LogP contribution in [-0.4, -0.2) is 26.5 Å². The molecule has 0 bridgehead atoms. The molecule has 6 heteroatoms. The zero-order chi connectivity index (χ0) is 26.8. The van der Waals surface area contributed by atoms with Crippen molar-refractivity contribution in [2.24, 2.45) is 0 Å². The predicted molar refractivity (Wildman–Crippen MR) is 149 cm³/mol. The summed E-state index contributed by atoms with van der Waals surface area (Å²) in [7, 11) is 0. The van der Waals surface area contributed by atoms with E-state index in [1.807, 2.05) is 73.7 Å². The molecule has 3 aromatic carbocycles. The fraction of sp³-hybridized carbons (Fsp3) is 0.156. The third-order valence-corrected chi connectivity index (χ3v) is 7.22. The van der Waals surface area contributed by atoms with Gasteiger partial charge in [-0.2, -0.15) is 0 Å². The first-order valence-corrected chi connectivity index (χ1v) is 12.6. The monoisotopic (exact) mass is 503 g/mol. The first kappa shape index (κ1) is 25.0. The Morgan fingerprint density at radius 1 is 0.947 bits per heavy atom. The summed E-state index contributed by atoms with van der Waals surface area (Å²) in [5.41, 5.74) is 7.95. The zero-order valence-electron chi connectivity index (χ0n) is 21.6. The van der Waals surface area contributed by atoms with E-state index in [1.165, 1.54) is 0 Å². The molecule has 2 N–H and O–H groups in total. The number of benzene rings is 3. The molecule has 2 heterocycles. The number of hydrogen-bond acceptors (Lipinski definition) is 3. The Morgan fingerprint density at radius 3 is 2.37 bits per heavy atom. The molecule has 0 unspecified atom stereocenters. The van der Waals surface area contributed by atoms with Gasteiger partial charge in [0.25, 0.3) is 5.91 Å². The fourth-order valence-electron chi connectivity index (χ4n) is 4.90. The van der Waals surface area contributed by atoms with Crippen LogP contribution in [0.15, 0.2) is 91.3 Å². The Balaban J connectivity index is 1.39. The predicted octanol–water partition coefficient (Wildman–Crippen LogP) is 6.56. The van der Waals surface area contributed by atoms with Crippen molar-refractivity contribution in [3.05, 3.63) is 125 Å². The van der Waals surface area contributed by atoms with Gasteiger partial charge in [-0.25, -0.2) is 4.79 Å². The molecule has 0 aliphatic carbocycles. The molecule has 2 aromatic heterocycles. The number of aromatic nitrogens is 2. The largest absolute Gasteiger partial charge is 0.478 e. The number of carboxylic acids is 1. The number of pyridine rings is 1. The first-order valence-electron chi connectivity index (χ1n) is 12.6. The lowest BCUT2D eigenvalue weighted by atomic mass is 9.99. The first-order chi connectivity index (χ1) is 18.3. The van der Waals surface area contributed by atoms with Gasteiger partial charge in [0.15, 0.2) is 0 Å². The van der Waals surface area contributed by atoms with Crippen molar-refractivity contribution in [2.75, 3.05) is 0 Å². The lowest BCUT2D eigenvalue weighted by Crippen LogP contribution is -2.26. The van der Waals surface area contributed by atoms with E-state index in [4.69, 9.17) is 0 Å². The van der Waals surface area contributed by atoms with E-state index >= 15 is 0 Å². The zero-order valence-corrected chi connectivity index (χ0v) is 21.6. The van der Waals surface area contributed by atoms with E-state index < -0.39 is 5.97 Å². The molecule has 0 saturated heterocycles. The number of carbonyl (C=O) groups is 2. The Kier molecular flexibility index (Phi) is 6.79. The number of amides is 1. The summed E-state index contributed by atoms with van der Waals surface area (Å²) in [6.45, 7) is 6.81. The van der Waals surface area contributed by atoms with Crippen LogP contribution in [0.4, 0.5) is 0 Å². The van der Waals surface area contributed by atoms with Gasteiger partial charge in [0.05, 0.1) is 11.6 Å². The second-order valence-electron chi connectivity index (χ2n) is 9.55. The van der Waals surface area contributed by atoms with Crippen LogP contribution in [0, 0.1) is 13.8 Å². The molecule has 0 fully saturated rings. The number of carbonyl (C=O) groups excluding carboxylic acids is 1. The molecule has 6 nitrogen and oxygen atoms in total. The second-order valence-corrected chi connectivity index (χ2v) is 9.55. The molecule has 5 aromatic rings. The minimum atomic E-state index is -0.936. The lowest BCUT2D eigenvalue weighted by molar-refractivity contribution is 0.0697. The van der Waals surface area contributed by atoms with E-state index in [1.54, 1.807) is 24.5 Å². The highest BCUT2D eigenvalue weighted by atomic mass is 16.4. The maximum absolute atomic E-state index is 13.0.